The molecular weight excluding hydrogens is 520 g/mol. The maximum absolute atomic E-state index is 13.1. The lowest BCUT2D eigenvalue weighted by atomic mass is 10.00. The number of guanidine groups is 1. The van der Waals surface area contributed by atoms with Crippen molar-refractivity contribution in [3.8, 4) is 0 Å². The van der Waals surface area contributed by atoms with Crippen LogP contribution in [0.2, 0.25) is 0 Å². The van der Waals surface area contributed by atoms with E-state index in [1.54, 1.807) is 20.0 Å². The highest BCUT2D eigenvalue weighted by atomic mass is 16.4. The van der Waals surface area contributed by atoms with Gasteiger partial charge in [-0.1, -0.05) is 32.0 Å². The molecule has 5 unspecified atom stereocenters. The van der Waals surface area contributed by atoms with E-state index in [2.05, 4.69) is 25.9 Å². The van der Waals surface area contributed by atoms with Crippen molar-refractivity contribution in [3.63, 3.8) is 0 Å². The maximum Gasteiger partial charge on any atom is 0.326 e. The Kier molecular flexibility index (Phi) is 11.9. The number of aromatic nitrogens is 1. The summed E-state index contributed by atoms with van der Waals surface area (Å²) in [5.74, 6) is -4.00. The molecule has 2 aromatic rings. The molecule has 1 heterocycles. The fraction of sp³-hybridized carbons (Fsp3) is 0.500. The van der Waals surface area contributed by atoms with Crippen molar-refractivity contribution in [1.29, 1.82) is 0 Å². The van der Waals surface area contributed by atoms with E-state index < -0.39 is 59.9 Å². The first kappa shape index (κ1) is 32.0. The van der Waals surface area contributed by atoms with Crippen LogP contribution in [0.4, 0.5) is 0 Å². The second-order valence-corrected chi connectivity index (χ2v) is 9.98. The van der Waals surface area contributed by atoms with Gasteiger partial charge in [0.15, 0.2) is 5.96 Å². The van der Waals surface area contributed by atoms with Gasteiger partial charge in [-0.15, -0.1) is 0 Å². The van der Waals surface area contributed by atoms with Gasteiger partial charge < -0.3 is 48.3 Å². The molecule has 2 rings (SSSR count). The number of aliphatic hydroxyl groups excluding tert-OH is 1. The summed E-state index contributed by atoms with van der Waals surface area (Å²) >= 11 is 0. The van der Waals surface area contributed by atoms with E-state index in [9.17, 15) is 29.4 Å². The van der Waals surface area contributed by atoms with Gasteiger partial charge in [-0.3, -0.25) is 19.4 Å². The number of H-pyrrole nitrogens is 1. The van der Waals surface area contributed by atoms with E-state index in [0.29, 0.717) is 12.0 Å². The Bertz CT molecular complexity index is 1210. The minimum absolute atomic E-state index is 0.0112. The van der Waals surface area contributed by atoms with Crippen LogP contribution in [0.25, 0.3) is 10.9 Å². The molecule has 0 spiro atoms. The van der Waals surface area contributed by atoms with Crippen molar-refractivity contribution in [2.45, 2.75) is 70.3 Å². The third-order valence-electron chi connectivity index (χ3n) is 6.33. The fourth-order valence-corrected chi connectivity index (χ4v) is 4.08. The number of hydrogen-bond donors (Lipinski definition) is 9. The van der Waals surface area contributed by atoms with Gasteiger partial charge in [0.1, 0.15) is 18.1 Å². The SMILES string of the molecule is CC(C)C(NC(=O)C(NC(=O)C(N)CCCN=C(N)N)C(C)O)C(=O)NC(Cc1c[nH]c2ccccc12)C(=O)O. The Hall–Kier alpha value is -4.17. The number of hydrogen-bond acceptors (Lipinski definition) is 7. The molecule has 0 bridgehead atoms. The Morgan fingerprint density at radius 2 is 1.60 bits per heavy atom. The van der Waals surface area contributed by atoms with Crippen LogP contribution in [-0.4, -0.2) is 81.7 Å². The number of amides is 3. The number of carbonyl (C=O) groups excluding carboxylic acids is 3. The number of carbonyl (C=O) groups is 4. The first-order valence-corrected chi connectivity index (χ1v) is 13.0. The lowest BCUT2D eigenvalue weighted by Crippen LogP contribution is -2.60. The smallest absolute Gasteiger partial charge is 0.326 e. The van der Waals surface area contributed by atoms with E-state index in [-0.39, 0.29) is 25.3 Å². The van der Waals surface area contributed by atoms with Crippen molar-refractivity contribution >= 4 is 40.6 Å². The van der Waals surface area contributed by atoms with Gasteiger partial charge in [-0.05, 0) is 37.3 Å². The van der Waals surface area contributed by atoms with E-state index in [1.165, 1.54) is 6.92 Å². The van der Waals surface area contributed by atoms with Crippen LogP contribution in [0.15, 0.2) is 35.5 Å². The first-order valence-electron chi connectivity index (χ1n) is 13.0. The monoisotopic (exact) mass is 560 g/mol. The van der Waals surface area contributed by atoms with Gasteiger partial charge in [-0.2, -0.15) is 0 Å². The van der Waals surface area contributed by atoms with Crippen LogP contribution in [0, 0.1) is 5.92 Å². The van der Waals surface area contributed by atoms with Gasteiger partial charge >= 0.3 is 5.97 Å². The topological polar surface area (TPSA) is 251 Å². The number of aromatic amines is 1. The molecule has 5 atom stereocenters. The van der Waals surface area contributed by atoms with Crippen molar-refractivity contribution in [3.05, 3.63) is 36.0 Å². The number of para-hydroxylation sites is 1. The molecule has 0 saturated heterocycles. The zero-order chi connectivity index (χ0) is 30.0. The summed E-state index contributed by atoms with van der Waals surface area (Å²) in [6.07, 6.45) is 1.02. The molecule has 40 heavy (non-hydrogen) atoms. The first-order chi connectivity index (χ1) is 18.8. The lowest BCUT2D eigenvalue weighted by Gasteiger charge is -2.28. The summed E-state index contributed by atoms with van der Waals surface area (Å²) in [7, 11) is 0. The van der Waals surface area contributed by atoms with Crippen molar-refractivity contribution < 1.29 is 29.4 Å². The average Bonchev–Trinajstić information content (AvgIpc) is 3.29. The van der Waals surface area contributed by atoms with Gasteiger partial charge in [-0.25, -0.2) is 4.79 Å². The van der Waals surface area contributed by atoms with E-state index in [1.807, 2.05) is 24.3 Å². The number of carboxylic acids is 1. The van der Waals surface area contributed by atoms with E-state index in [0.717, 1.165) is 10.9 Å². The molecule has 12 N–H and O–H groups in total. The summed E-state index contributed by atoms with van der Waals surface area (Å²) in [4.78, 5) is 57.6. The van der Waals surface area contributed by atoms with Crippen LogP contribution >= 0.6 is 0 Å². The van der Waals surface area contributed by atoms with Crippen molar-refractivity contribution in [2.24, 2.45) is 28.1 Å². The summed E-state index contributed by atoms with van der Waals surface area (Å²) in [6, 6.07) is 2.56. The number of aliphatic hydroxyl groups is 1. The Balaban J connectivity index is 2.07. The van der Waals surface area contributed by atoms with Gasteiger partial charge in [0.25, 0.3) is 0 Å². The predicted octanol–water partition coefficient (Wildman–Crippen LogP) is -1.33. The molecule has 1 aromatic heterocycles. The van der Waals surface area contributed by atoms with Crippen LogP contribution in [0.1, 0.15) is 39.2 Å². The quantitative estimate of drug-likeness (QED) is 0.0709. The molecule has 3 amide bonds. The minimum Gasteiger partial charge on any atom is -0.480 e. The third-order valence-corrected chi connectivity index (χ3v) is 6.33. The van der Waals surface area contributed by atoms with Gasteiger partial charge in [0.05, 0.1) is 12.1 Å². The molecule has 0 radical (unpaired) electrons. The van der Waals surface area contributed by atoms with Crippen LogP contribution in [0.5, 0.6) is 0 Å². The summed E-state index contributed by atoms with van der Waals surface area (Å²) < 4.78 is 0. The summed E-state index contributed by atoms with van der Waals surface area (Å²) in [6.45, 7) is 4.91. The van der Waals surface area contributed by atoms with Crippen molar-refractivity contribution in [2.75, 3.05) is 6.54 Å². The third kappa shape index (κ3) is 9.24. The predicted molar refractivity (Wildman–Crippen MR) is 150 cm³/mol. The van der Waals surface area contributed by atoms with E-state index >= 15 is 0 Å². The highest BCUT2D eigenvalue weighted by Crippen LogP contribution is 2.19. The maximum atomic E-state index is 13.1. The highest BCUT2D eigenvalue weighted by molar-refractivity contribution is 5.94. The van der Waals surface area contributed by atoms with Crippen LogP contribution in [0.3, 0.4) is 0 Å². The second kappa shape index (κ2) is 14.8. The number of nitrogens with one attached hydrogen (secondary N) is 4. The van der Waals surface area contributed by atoms with Crippen molar-refractivity contribution in [1.82, 2.24) is 20.9 Å². The molecule has 0 aliphatic heterocycles. The molecule has 0 fully saturated rings. The minimum atomic E-state index is -1.41. The number of nitrogens with zero attached hydrogens (tertiary/aromatic N) is 1. The molecule has 0 aliphatic rings. The number of fused-ring (bicyclic) bond motifs is 1. The zero-order valence-corrected chi connectivity index (χ0v) is 22.9. The molecule has 220 valence electrons. The lowest BCUT2D eigenvalue weighted by molar-refractivity contribution is -0.142. The number of rotatable bonds is 15. The summed E-state index contributed by atoms with van der Waals surface area (Å²) in [5, 5.41) is 28.3. The zero-order valence-electron chi connectivity index (χ0n) is 22.9. The molecule has 0 aliphatic carbocycles. The number of carboxylic acid groups (broad SMARTS) is 1. The molecule has 14 nitrogen and oxygen atoms in total. The molecule has 1 aromatic carbocycles. The second-order valence-electron chi connectivity index (χ2n) is 9.98. The van der Waals surface area contributed by atoms with E-state index in [4.69, 9.17) is 17.2 Å². The number of benzene rings is 1. The fourth-order valence-electron chi connectivity index (χ4n) is 4.08. The van der Waals surface area contributed by atoms with Gasteiger partial charge in [0, 0.05) is 30.1 Å². The van der Waals surface area contributed by atoms with Gasteiger partial charge in [0.2, 0.25) is 17.7 Å². The highest BCUT2D eigenvalue weighted by Gasteiger charge is 2.33. The molecular formula is C26H40N8O6. The Morgan fingerprint density at radius 1 is 0.975 bits per heavy atom. The standard InChI is InChI=1S/C26H40N8O6/c1-13(2)20(23(37)32-19(25(39)40)11-15-12-31-18-9-5-4-7-16(15)18)33-24(38)21(14(3)35)34-22(36)17(27)8-6-10-30-26(28)29/h4-5,7,9,12-14,17,19-21,31,35H,6,8,10-11,27H2,1-3H3,(H,32,37)(H,33,38)(H,34,36)(H,39,40)(H4,28,29,30). The Morgan fingerprint density at radius 3 is 2.20 bits per heavy atom. The normalized spacial score (nSPS) is 14.9. The van der Waals surface area contributed by atoms with Crippen LogP contribution < -0.4 is 33.2 Å². The number of aliphatic imine (C=N–C) groups is 1. The van der Waals surface area contributed by atoms with Crippen LogP contribution in [-0.2, 0) is 25.6 Å². The largest absolute Gasteiger partial charge is 0.480 e. The average molecular weight is 561 g/mol. The number of aliphatic carboxylic acids is 1. The summed E-state index contributed by atoms with van der Waals surface area (Å²) in [5.41, 5.74) is 18.0. The molecule has 14 heteroatoms. The molecule has 0 saturated carbocycles. The number of nitrogens with two attached hydrogens (primary N) is 3. The Labute approximate surface area is 232 Å².